The molecule has 2 heterocycles. The standard InChI is InChI=1S/C20H30N2O3S/c1-17-10-11-18(26(24,25)22-14-8-4-5-9-15-22)16-19(17)20(23)21-12-6-2-3-7-13-21/h10-11,16H,2-9,12-15H2,1H3. The van der Waals surface area contributed by atoms with Gasteiger partial charge < -0.3 is 4.90 Å². The van der Waals surface area contributed by atoms with Gasteiger partial charge in [0, 0.05) is 31.7 Å². The molecule has 2 saturated heterocycles. The maximum absolute atomic E-state index is 13.1. The number of sulfonamides is 1. The van der Waals surface area contributed by atoms with Gasteiger partial charge in [0.25, 0.3) is 5.91 Å². The van der Waals surface area contributed by atoms with Gasteiger partial charge >= 0.3 is 0 Å². The Labute approximate surface area is 157 Å². The molecule has 1 amide bonds. The molecule has 0 unspecified atom stereocenters. The summed E-state index contributed by atoms with van der Waals surface area (Å²) in [7, 11) is -3.53. The highest BCUT2D eigenvalue weighted by atomic mass is 32.2. The monoisotopic (exact) mass is 378 g/mol. The second-order valence-electron chi connectivity index (χ2n) is 7.50. The van der Waals surface area contributed by atoms with Crippen LogP contribution in [-0.2, 0) is 10.0 Å². The second-order valence-corrected chi connectivity index (χ2v) is 9.44. The van der Waals surface area contributed by atoms with E-state index in [4.69, 9.17) is 0 Å². The van der Waals surface area contributed by atoms with Gasteiger partial charge in [-0.3, -0.25) is 4.79 Å². The van der Waals surface area contributed by atoms with Gasteiger partial charge in [-0.1, -0.05) is 31.7 Å². The van der Waals surface area contributed by atoms with Crippen LogP contribution in [0, 0.1) is 6.92 Å². The third kappa shape index (κ3) is 4.29. The summed E-state index contributed by atoms with van der Waals surface area (Å²) in [4.78, 5) is 15.1. The maximum atomic E-state index is 13.1. The Balaban J connectivity index is 1.87. The first-order valence-corrected chi connectivity index (χ1v) is 11.3. The molecule has 0 atom stereocenters. The van der Waals surface area contributed by atoms with E-state index in [9.17, 15) is 13.2 Å². The van der Waals surface area contributed by atoms with Crippen molar-refractivity contribution in [3.8, 4) is 0 Å². The Morgan fingerprint density at radius 2 is 1.38 bits per heavy atom. The fourth-order valence-corrected chi connectivity index (χ4v) is 5.41. The molecule has 0 spiro atoms. The Morgan fingerprint density at radius 1 is 0.846 bits per heavy atom. The molecule has 0 aliphatic carbocycles. The quantitative estimate of drug-likeness (QED) is 0.808. The van der Waals surface area contributed by atoms with E-state index >= 15 is 0 Å². The number of benzene rings is 1. The minimum absolute atomic E-state index is 0.0303. The first-order valence-electron chi connectivity index (χ1n) is 9.90. The van der Waals surface area contributed by atoms with Crippen LogP contribution in [0.4, 0.5) is 0 Å². The van der Waals surface area contributed by atoms with Crippen molar-refractivity contribution in [2.24, 2.45) is 0 Å². The molecule has 0 N–H and O–H groups in total. The van der Waals surface area contributed by atoms with E-state index in [2.05, 4.69) is 0 Å². The predicted molar refractivity (Wildman–Crippen MR) is 103 cm³/mol. The number of aryl methyl sites for hydroxylation is 1. The molecular weight excluding hydrogens is 348 g/mol. The van der Waals surface area contributed by atoms with Crippen LogP contribution in [0.25, 0.3) is 0 Å². The van der Waals surface area contributed by atoms with Crippen molar-refractivity contribution in [2.45, 2.75) is 63.2 Å². The third-order valence-corrected chi connectivity index (χ3v) is 7.43. The number of rotatable bonds is 3. The molecule has 0 saturated carbocycles. The van der Waals surface area contributed by atoms with Gasteiger partial charge in [0.05, 0.1) is 4.90 Å². The summed E-state index contributed by atoms with van der Waals surface area (Å²) in [5, 5.41) is 0. The minimum atomic E-state index is -3.53. The van der Waals surface area contributed by atoms with Gasteiger partial charge in [0.15, 0.2) is 0 Å². The van der Waals surface area contributed by atoms with E-state index in [1.54, 1.807) is 22.5 Å². The lowest BCUT2D eigenvalue weighted by atomic mass is 10.1. The summed E-state index contributed by atoms with van der Waals surface area (Å²) in [6, 6.07) is 5.02. The fraction of sp³-hybridized carbons (Fsp3) is 0.650. The molecule has 6 heteroatoms. The van der Waals surface area contributed by atoms with Gasteiger partial charge in [0.1, 0.15) is 0 Å². The molecule has 2 aliphatic rings. The average Bonchev–Trinajstić information content (AvgIpc) is 3.07. The lowest BCUT2D eigenvalue weighted by Crippen LogP contribution is -2.34. The SMILES string of the molecule is Cc1ccc(S(=O)(=O)N2CCCCCC2)cc1C(=O)N1CCCCCC1. The van der Waals surface area contributed by atoms with Crippen LogP contribution in [0.5, 0.6) is 0 Å². The van der Waals surface area contributed by atoms with Gasteiger partial charge in [-0.2, -0.15) is 4.31 Å². The first kappa shape index (κ1) is 19.4. The van der Waals surface area contributed by atoms with E-state index in [0.717, 1.165) is 70.0 Å². The van der Waals surface area contributed by atoms with Gasteiger partial charge in [-0.25, -0.2) is 8.42 Å². The van der Waals surface area contributed by atoms with Crippen molar-refractivity contribution in [1.29, 1.82) is 0 Å². The van der Waals surface area contributed by atoms with Crippen LogP contribution in [0.2, 0.25) is 0 Å². The second kappa shape index (κ2) is 8.53. The molecule has 3 rings (SSSR count). The summed E-state index contributed by atoms with van der Waals surface area (Å²) >= 11 is 0. The summed E-state index contributed by atoms with van der Waals surface area (Å²) in [6.07, 6.45) is 8.35. The maximum Gasteiger partial charge on any atom is 0.254 e. The number of carbonyl (C=O) groups is 1. The molecule has 2 fully saturated rings. The average molecular weight is 379 g/mol. The summed E-state index contributed by atoms with van der Waals surface area (Å²) in [5.41, 5.74) is 1.37. The molecule has 0 bridgehead atoms. The molecule has 1 aromatic carbocycles. The highest BCUT2D eigenvalue weighted by molar-refractivity contribution is 7.89. The van der Waals surface area contributed by atoms with Crippen molar-refractivity contribution in [1.82, 2.24) is 9.21 Å². The van der Waals surface area contributed by atoms with Crippen molar-refractivity contribution in [3.63, 3.8) is 0 Å². The summed E-state index contributed by atoms with van der Waals surface area (Å²) < 4.78 is 27.7. The van der Waals surface area contributed by atoms with Gasteiger partial charge in [-0.05, 0) is 50.3 Å². The van der Waals surface area contributed by atoms with E-state index in [-0.39, 0.29) is 10.8 Å². The highest BCUT2D eigenvalue weighted by Crippen LogP contribution is 2.24. The molecule has 26 heavy (non-hydrogen) atoms. The first-order chi connectivity index (χ1) is 12.5. The molecule has 1 aromatic rings. The van der Waals surface area contributed by atoms with Crippen LogP contribution in [-0.4, -0.2) is 49.7 Å². The molecule has 0 aromatic heterocycles. The highest BCUT2D eigenvalue weighted by Gasteiger charge is 2.27. The number of carbonyl (C=O) groups excluding carboxylic acids is 1. The number of hydrogen-bond donors (Lipinski definition) is 0. The Bertz CT molecular complexity index is 729. The zero-order valence-corrected chi connectivity index (χ0v) is 16.6. The Kier molecular flexibility index (Phi) is 6.35. The van der Waals surface area contributed by atoms with Crippen LogP contribution >= 0.6 is 0 Å². The largest absolute Gasteiger partial charge is 0.339 e. The normalized spacial score (nSPS) is 20.4. The molecular formula is C20H30N2O3S. The third-order valence-electron chi connectivity index (χ3n) is 5.54. The fourth-order valence-electron chi connectivity index (χ4n) is 3.87. The topological polar surface area (TPSA) is 57.7 Å². The summed E-state index contributed by atoms with van der Waals surface area (Å²) in [5.74, 6) is -0.0303. The molecule has 5 nitrogen and oxygen atoms in total. The lowest BCUT2D eigenvalue weighted by Gasteiger charge is -2.23. The zero-order chi connectivity index (χ0) is 18.6. The Morgan fingerprint density at radius 3 is 1.96 bits per heavy atom. The number of nitrogens with zero attached hydrogens (tertiary/aromatic N) is 2. The van der Waals surface area contributed by atoms with Crippen LogP contribution < -0.4 is 0 Å². The Hall–Kier alpha value is -1.40. The van der Waals surface area contributed by atoms with Gasteiger partial charge in [-0.15, -0.1) is 0 Å². The van der Waals surface area contributed by atoms with Crippen molar-refractivity contribution in [2.75, 3.05) is 26.2 Å². The van der Waals surface area contributed by atoms with Crippen LogP contribution in [0.1, 0.15) is 67.3 Å². The van der Waals surface area contributed by atoms with E-state index < -0.39 is 10.0 Å². The molecule has 0 radical (unpaired) electrons. The minimum Gasteiger partial charge on any atom is -0.339 e. The number of amides is 1. The van der Waals surface area contributed by atoms with Crippen molar-refractivity contribution in [3.05, 3.63) is 29.3 Å². The van der Waals surface area contributed by atoms with Crippen molar-refractivity contribution >= 4 is 15.9 Å². The van der Waals surface area contributed by atoms with E-state index in [1.165, 1.54) is 0 Å². The smallest absolute Gasteiger partial charge is 0.254 e. The summed E-state index contributed by atoms with van der Waals surface area (Å²) in [6.45, 7) is 4.56. The lowest BCUT2D eigenvalue weighted by molar-refractivity contribution is 0.0760. The van der Waals surface area contributed by atoms with E-state index in [0.29, 0.717) is 18.7 Å². The van der Waals surface area contributed by atoms with Gasteiger partial charge in [0.2, 0.25) is 10.0 Å². The molecule has 144 valence electrons. The molecule has 2 aliphatic heterocycles. The predicted octanol–water partition coefficient (Wildman–Crippen LogP) is 3.58. The van der Waals surface area contributed by atoms with Crippen LogP contribution in [0.15, 0.2) is 23.1 Å². The van der Waals surface area contributed by atoms with Crippen LogP contribution in [0.3, 0.4) is 0 Å². The zero-order valence-electron chi connectivity index (χ0n) is 15.7. The van der Waals surface area contributed by atoms with E-state index in [1.807, 2.05) is 11.8 Å². The van der Waals surface area contributed by atoms with Crippen molar-refractivity contribution < 1.29 is 13.2 Å². The number of hydrogen-bond acceptors (Lipinski definition) is 3. The number of likely N-dealkylation sites (tertiary alicyclic amines) is 1.